The maximum Gasteiger partial charge on any atom is 0.250 e. The van der Waals surface area contributed by atoms with E-state index in [1.807, 2.05) is 0 Å². The van der Waals surface area contributed by atoms with Crippen molar-refractivity contribution in [3.63, 3.8) is 0 Å². The van der Waals surface area contributed by atoms with Crippen LogP contribution >= 0.6 is 11.6 Å². The maximum absolute atomic E-state index is 12.3. The second-order valence-corrected chi connectivity index (χ2v) is 7.78. The largest absolute Gasteiger partial charge is 0.489 e. The van der Waals surface area contributed by atoms with Crippen molar-refractivity contribution < 1.29 is 19.0 Å². The normalized spacial score (nSPS) is 25.8. The fourth-order valence-corrected chi connectivity index (χ4v) is 3.77. The van der Waals surface area contributed by atoms with E-state index in [-0.39, 0.29) is 24.7 Å². The molecular formula is C20H28ClNO4. The van der Waals surface area contributed by atoms with Crippen molar-refractivity contribution in [3.8, 4) is 5.75 Å². The van der Waals surface area contributed by atoms with Crippen molar-refractivity contribution in [2.75, 3.05) is 25.1 Å². The topological polar surface area (TPSA) is 56.8 Å². The van der Waals surface area contributed by atoms with Crippen LogP contribution in [0.15, 0.2) is 18.2 Å². The highest BCUT2D eigenvalue weighted by molar-refractivity contribution is 6.31. The molecule has 1 heterocycles. The Hall–Kier alpha value is -1.30. The molecule has 0 spiro atoms. The number of rotatable bonds is 7. The fraction of sp³-hybridized carbons (Fsp3) is 0.650. The van der Waals surface area contributed by atoms with Gasteiger partial charge in [-0.05, 0) is 49.8 Å². The number of amides is 1. The van der Waals surface area contributed by atoms with Gasteiger partial charge in [0.25, 0.3) is 0 Å². The first-order valence-corrected chi connectivity index (χ1v) is 9.93. The monoisotopic (exact) mass is 381 g/mol. The molecule has 0 radical (unpaired) electrons. The SMILES string of the molecule is CC1CCCC(OCC(=O)Nc2cc(Cl)ccc2OCC2CCCO2)C1. The van der Waals surface area contributed by atoms with Crippen LogP contribution < -0.4 is 10.1 Å². The highest BCUT2D eigenvalue weighted by Crippen LogP contribution is 2.29. The molecule has 3 unspecified atom stereocenters. The fourth-order valence-electron chi connectivity index (χ4n) is 3.59. The molecule has 3 rings (SSSR count). The molecule has 2 fully saturated rings. The molecule has 1 saturated heterocycles. The lowest BCUT2D eigenvalue weighted by molar-refractivity contribution is -0.123. The van der Waals surface area contributed by atoms with E-state index in [0.29, 0.717) is 29.0 Å². The summed E-state index contributed by atoms with van der Waals surface area (Å²) in [6.07, 6.45) is 6.84. The molecule has 0 aromatic heterocycles. The smallest absolute Gasteiger partial charge is 0.250 e. The van der Waals surface area contributed by atoms with E-state index >= 15 is 0 Å². The van der Waals surface area contributed by atoms with Crippen LogP contribution in [0.1, 0.15) is 45.4 Å². The third kappa shape index (κ3) is 5.86. The van der Waals surface area contributed by atoms with Gasteiger partial charge in [-0.15, -0.1) is 0 Å². The summed E-state index contributed by atoms with van der Waals surface area (Å²) in [7, 11) is 0. The Morgan fingerprint density at radius 3 is 2.96 bits per heavy atom. The molecule has 1 aromatic rings. The van der Waals surface area contributed by atoms with Crippen LogP contribution in [-0.4, -0.2) is 37.9 Å². The number of halogens is 1. The van der Waals surface area contributed by atoms with Crippen LogP contribution in [0.2, 0.25) is 5.02 Å². The Labute approximate surface area is 160 Å². The van der Waals surface area contributed by atoms with E-state index in [2.05, 4.69) is 12.2 Å². The van der Waals surface area contributed by atoms with Crippen molar-refractivity contribution in [1.29, 1.82) is 0 Å². The second-order valence-electron chi connectivity index (χ2n) is 7.34. The van der Waals surface area contributed by atoms with Crippen LogP contribution in [0.4, 0.5) is 5.69 Å². The van der Waals surface area contributed by atoms with Gasteiger partial charge in [-0.2, -0.15) is 0 Å². The van der Waals surface area contributed by atoms with E-state index < -0.39 is 0 Å². The van der Waals surface area contributed by atoms with E-state index in [9.17, 15) is 4.79 Å². The molecule has 2 aliphatic rings. The van der Waals surface area contributed by atoms with Gasteiger partial charge in [0.05, 0.1) is 17.9 Å². The second kappa shape index (κ2) is 9.58. The van der Waals surface area contributed by atoms with Crippen LogP contribution in [0.25, 0.3) is 0 Å². The third-order valence-corrected chi connectivity index (χ3v) is 5.24. The number of nitrogens with one attached hydrogen (secondary N) is 1. The van der Waals surface area contributed by atoms with Crippen molar-refractivity contribution in [1.82, 2.24) is 0 Å². The summed E-state index contributed by atoms with van der Waals surface area (Å²) >= 11 is 6.08. The minimum Gasteiger partial charge on any atom is -0.489 e. The highest BCUT2D eigenvalue weighted by atomic mass is 35.5. The Balaban J connectivity index is 1.51. The zero-order valence-corrected chi connectivity index (χ0v) is 16.1. The van der Waals surface area contributed by atoms with Crippen molar-refractivity contribution in [2.45, 2.75) is 57.7 Å². The van der Waals surface area contributed by atoms with Gasteiger partial charge in [0.2, 0.25) is 5.91 Å². The predicted molar refractivity (Wildman–Crippen MR) is 102 cm³/mol. The van der Waals surface area contributed by atoms with Crippen LogP contribution in [0.5, 0.6) is 5.75 Å². The van der Waals surface area contributed by atoms with Crippen LogP contribution in [0, 0.1) is 5.92 Å². The van der Waals surface area contributed by atoms with Gasteiger partial charge in [0.15, 0.2) is 0 Å². The Morgan fingerprint density at radius 1 is 1.31 bits per heavy atom. The van der Waals surface area contributed by atoms with E-state index in [4.69, 9.17) is 25.8 Å². The van der Waals surface area contributed by atoms with Gasteiger partial charge >= 0.3 is 0 Å². The number of carbonyl (C=O) groups is 1. The molecule has 26 heavy (non-hydrogen) atoms. The molecular weight excluding hydrogens is 354 g/mol. The number of carbonyl (C=O) groups excluding carboxylic acids is 1. The highest BCUT2D eigenvalue weighted by Gasteiger charge is 2.21. The molecule has 1 aromatic carbocycles. The standard InChI is InChI=1S/C20H28ClNO4/c1-14-4-2-5-16(10-14)25-13-20(23)22-18-11-15(21)7-8-19(18)26-12-17-6-3-9-24-17/h7-8,11,14,16-17H,2-6,9-10,12-13H2,1H3,(H,22,23). The zero-order valence-electron chi connectivity index (χ0n) is 15.3. The first kappa shape index (κ1) is 19.5. The minimum absolute atomic E-state index is 0.0507. The average molecular weight is 382 g/mol. The predicted octanol–water partition coefficient (Wildman–Crippen LogP) is 4.43. The molecule has 1 saturated carbocycles. The van der Waals surface area contributed by atoms with E-state index in [0.717, 1.165) is 32.3 Å². The van der Waals surface area contributed by atoms with Crippen molar-refractivity contribution >= 4 is 23.2 Å². The Morgan fingerprint density at radius 2 is 2.19 bits per heavy atom. The first-order chi connectivity index (χ1) is 12.6. The van der Waals surface area contributed by atoms with E-state index in [1.54, 1.807) is 18.2 Å². The van der Waals surface area contributed by atoms with Crippen LogP contribution in [0.3, 0.4) is 0 Å². The molecule has 1 aliphatic carbocycles. The number of benzene rings is 1. The molecule has 1 aliphatic heterocycles. The molecule has 6 heteroatoms. The summed E-state index contributed by atoms with van der Waals surface area (Å²) in [5, 5.41) is 3.41. The summed E-state index contributed by atoms with van der Waals surface area (Å²) < 4.78 is 17.2. The van der Waals surface area contributed by atoms with Gasteiger partial charge in [-0.25, -0.2) is 0 Å². The quantitative estimate of drug-likeness (QED) is 0.759. The van der Waals surface area contributed by atoms with Gasteiger partial charge in [-0.3, -0.25) is 4.79 Å². The van der Waals surface area contributed by atoms with E-state index in [1.165, 1.54) is 12.8 Å². The number of hydrogen-bond acceptors (Lipinski definition) is 4. The van der Waals surface area contributed by atoms with Crippen LogP contribution in [-0.2, 0) is 14.3 Å². The lowest BCUT2D eigenvalue weighted by atomic mass is 9.89. The first-order valence-electron chi connectivity index (χ1n) is 9.55. The average Bonchev–Trinajstić information content (AvgIpc) is 3.13. The Kier molecular flexibility index (Phi) is 7.17. The number of ether oxygens (including phenoxy) is 3. The van der Waals surface area contributed by atoms with Gasteiger partial charge in [0, 0.05) is 11.6 Å². The molecule has 0 bridgehead atoms. The summed E-state index contributed by atoms with van der Waals surface area (Å²) in [5.74, 6) is 1.08. The Bertz CT molecular complexity index is 603. The maximum atomic E-state index is 12.3. The zero-order chi connectivity index (χ0) is 18.4. The molecule has 1 amide bonds. The van der Waals surface area contributed by atoms with Gasteiger partial charge in [-0.1, -0.05) is 31.4 Å². The van der Waals surface area contributed by atoms with Crippen molar-refractivity contribution in [2.24, 2.45) is 5.92 Å². The summed E-state index contributed by atoms with van der Waals surface area (Å²) in [6.45, 7) is 3.55. The number of hydrogen-bond donors (Lipinski definition) is 1. The lowest BCUT2D eigenvalue weighted by Gasteiger charge is -2.26. The molecule has 5 nitrogen and oxygen atoms in total. The van der Waals surface area contributed by atoms with Gasteiger partial charge < -0.3 is 19.5 Å². The number of anilines is 1. The van der Waals surface area contributed by atoms with Gasteiger partial charge in [0.1, 0.15) is 19.0 Å². The lowest BCUT2D eigenvalue weighted by Crippen LogP contribution is -2.27. The van der Waals surface area contributed by atoms with Crippen molar-refractivity contribution in [3.05, 3.63) is 23.2 Å². The molecule has 144 valence electrons. The summed E-state index contributed by atoms with van der Waals surface area (Å²) in [6, 6.07) is 5.23. The third-order valence-electron chi connectivity index (χ3n) is 5.00. The summed E-state index contributed by atoms with van der Waals surface area (Å²) in [4.78, 5) is 12.3. The molecule has 1 N–H and O–H groups in total. The molecule has 3 atom stereocenters. The minimum atomic E-state index is -0.188. The summed E-state index contributed by atoms with van der Waals surface area (Å²) in [5.41, 5.74) is 0.570.